The Balaban J connectivity index is 2.38. The molecule has 0 aromatic rings. The van der Waals surface area contributed by atoms with Crippen LogP contribution in [0.3, 0.4) is 0 Å². The number of amides is 1. The maximum atomic E-state index is 11.7. The summed E-state index contributed by atoms with van der Waals surface area (Å²) >= 11 is 0. The lowest BCUT2D eigenvalue weighted by atomic mass is 10.1. The van der Waals surface area contributed by atoms with Gasteiger partial charge in [-0.1, -0.05) is 6.92 Å². The van der Waals surface area contributed by atoms with Gasteiger partial charge in [-0.15, -0.1) is 0 Å². The van der Waals surface area contributed by atoms with E-state index in [2.05, 4.69) is 10.6 Å². The third-order valence-electron chi connectivity index (χ3n) is 3.14. The van der Waals surface area contributed by atoms with E-state index in [1.807, 2.05) is 14.0 Å². The Morgan fingerprint density at radius 2 is 2.27 bits per heavy atom. The van der Waals surface area contributed by atoms with Crippen molar-refractivity contribution in [2.75, 3.05) is 7.05 Å². The Bertz CT molecular complexity index is 231. The molecule has 0 aliphatic heterocycles. The molecule has 1 rings (SSSR count). The number of carbonyl (C=O) groups is 2. The predicted molar refractivity (Wildman–Crippen MR) is 58.5 cm³/mol. The van der Waals surface area contributed by atoms with Crippen LogP contribution < -0.4 is 10.6 Å². The lowest BCUT2D eigenvalue weighted by Crippen LogP contribution is -2.39. The van der Waals surface area contributed by atoms with Gasteiger partial charge < -0.3 is 15.4 Å². The molecule has 1 aliphatic rings. The molecule has 0 aromatic carbocycles. The second kappa shape index (κ2) is 5.85. The number of hydrogen-bond acceptors (Lipinski definition) is 3. The predicted octanol–water partition coefficient (Wildman–Crippen LogP) is 0.468. The minimum atomic E-state index is -0.314. The maximum absolute atomic E-state index is 11.7. The molecule has 0 heterocycles. The number of nitrogens with one attached hydrogen (secondary N) is 2. The molecule has 0 radical (unpaired) electrons. The third-order valence-corrected chi connectivity index (χ3v) is 3.14. The minimum Gasteiger partial charge on any atom is -0.346 e. The molecule has 1 saturated carbocycles. The topological polar surface area (TPSA) is 58.2 Å². The van der Waals surface area contributed by atoms with Crippen LogP contribution in [0.5, 0.6) is 0 Å². The summed E-state index contributed by atoms with van der Waals surface area (Å²) in [6.45, 7) is 1.89. The van der Waals surface area contributed by atoms with E-state index in [1.165, 1.54) is 0 Å². The highest BCUT2D eigenvalue weighted by molar-refractivity contribution is 5.82. The van der Waals surface area contributed by atoms with Crippen LogP contribution in [0.4, 0.5) is 0 Å². The highest BCUT2D eigenvalue weighted by Gasteiger charge is 2.29. The molecule has 0 unspecified atom stereocenters. The molecule has 4 nitrogen and oxygen atoms in total. The Morgan fingerprint density at radius 1 is 1.53 bits per heavy atom. The largest absolute Gasteiger partial charge is 0.346 e. The molecule has 0 aromatic heterocycles. The molecular formula is C11H20N2O2. The second-order valence-corrected chi connectivity index (χ2v) is 4.15. The molecule has 15 heavy (non-hydrogen) atoms. The molecule has 0 bridgehead atoms. The molecule has 1 fully saturated rings. The van der Waals surface area contributed by atoms with Crippen molar-refractivity contribution in [1.29, 1.82) is 0 Å². The first kappa shape index (κ1) is 12.2. The molecule has 4 heteroatoms. The number of aldehydes is 1. The minimum absolute atomic E-state index is 0.0340. The summed E-state index contributed by atoms with van der Waals surface area (Å²) in [6.07, 6.45) is 4.33. The van der Waals surface area contributed by atoms with E-state index in [1.54, 1.807) is 0 Å². The van der Waals surface area contributed by atoms with Crippen LogP contribution in [0.15, 0.2) is 0 Å². The van der Waals surface area contributed by atoms with Gasteiger partial charge in [0.15, 0.2) is 0 Å². The van der Waals surface area contributed by atoms with Gasteiger partial charge in [0.25, 0.3) is 0 Å². The quantitative estimate of drug-likeness (QED) is 0.651. The fourth-order valence-corrected chi connectivity index (χ4v) is 2.01. The van der Waals surface area contributed by atoms with Crippen LogP contribution >= 0.6 is 0 Å². The summed E-state index contributed by atoms with van der Waals surface area (Å²) in [6, 6.07) is 0.142. The smallest absolute Gasteiger partial charge is 0.223 e. The molecule has 1 amide bonds. The van der Waals surface area contributed by atoms with E-state index in [4.69, 9.17) is 0 Å². The van der Waals surface area contributed by atoms with E-state index >= 15 is 0 Å². The van der Waals surface area contributed by atoms with Crippen LogP contribution in [-0.4, -0.2) is 31.3 Å². The van der Waals surface area contributed by atoms with Gasteiger partial charge in [-0.3, -0.25) is 4.79 Å². The second-order valence-electron chi connectivity index (χ2n) is 4.15. The first-order chi connectivity index (χ1) is 7.21. The van der Waals surface area contributed by atoms with Gasteiger partial charge in [-0.2, -0.15) is 0 Å². The molecule has 0 saturated heterocycles. The van der Waals surface area contributed by atoms with E-state index in [9.17, 15) is 9.59 Å². The summed E-state index contributed by atoms with van der Waals surface area (Å²) in [4.78, 5) is 22.3. The lowest BCUT2D eigenvalue weighted by molar-refractivity contribution is -0.127. The van der Waals surface area contributed by atoms with Crippen molar-refractivity contribution in [2.45, 2.75) is 44.7 Å². The van der Waals surface area contributed by atoms with E-state index in [0.717, 1.165) is 25.5 Å². The Hall–Kier alpha value is -0.900. The van der Waals surface area contributed by atoms with Gasteiger partial charge in [-0.05, 0) is 32.7 Å². The SMILES string of the molecule is CC[C@@H](C=O)NC(=O)[C@H]1CC[C@H](NC)C1. The monoisotopic (exact) mass is 212 g/mol. The van der Waals surface area contributed by atoms with Gasteiger partial charge in [0.05, 0.1) is 6.04 Å². The van der Waals surface area contributed by atoms with Crippen LogP contribution in [0, 0.1) is 5.92 Å². The van der Waals surface area contributed by atoms with Gasteiger partial charge in [0.1, 0.15) is 6.29 Å². The molecule has 86 valence electrons. The van der Waals surface area contributed by atoms with Crippen molar-refractivity contribution >= 4 is 12.2 Å². The van der Waals surface area contributed by atoms with Crippen molar-refractivity contribution in [3.63, 3.8) is 0 Å². The molecule has 3 atom stereocenters. The first-order valence-corrected chi connectivity index (χ1v) is 5.64. The molecule has 1 aliphatic carbocycles. The fraction of sp³-hybridized carbons (Fsp3) is 0.818. The average Bonchev–Trinajstić information content (AvgIpc) is 2.74. The van der Waals surface area contributed by atoms with Crippen molar-refractivity contribution in [2.24, 2.45) is 5.92 Å². The molecular weight excluding hydrogens is 192 g/mol. The third kappa shape index (κ3) is 3.30. The van der Waals surface area contributed by atoms with E-state index < -0.39 is 0 Å². The molecule has 2 N–H and O–H groups in total. The van der Waals surface area contributed by atoms with Gasteiger partial charge in [-0.25, -0.2) is 0 Å². The number of hydrogen-bond donors (Lipinski definition) is 2. The standard InChI is InChI=1S/C11H20N2O2/c1-3-9(7-14)13-11(15)8-4-5-10(6-8)12-2/h7-10,12H,3-6H2,1-2H3,(H,13,15)/t8-,9-,10-/m0/s1. The molecule has 0 spiro atoms. The summed E-state index contributed by atoms with van der Waals surface area (Å²) < 4.78 is 0. The zero-order chi connectivity index (χ0) is 11.3. The van der Waals surface area contributed by atoms with Crippen molar-refractivity contribution < 1.29 is 9.59 Å². The highest BCUT2D eigenvalue weighted by atomic mass is 16.2. The summed E-state index contributed by atoms with van der Waals surface area (Å²) in [7, 11) is 1.92. The Morgan fingerprint density at radius 3 is 2.73 bits per heavy atom. The van der Waals surface area contributed by atoms with E-state index in [0.29, 0.717) is 12.5 Å². The van der Waals surface area contributed by atoms with Crippen molar-refractivity contribution in [3.05, 3.63) is 0 Å². The highest BCUT2D eigenvalue weighted by Crippen LogP contribution is 2.25. The van der Waals surface area contributed by atoms with Gasteiger partial charge in [0.2, 0.25) is 5.91 Å². The Kier molecular flexibility index (Phi) is 4.75. The maximum Gasteiger partial charge on any atom is 0.223 e. The zero-order valence-electron chi connectivity index (χ0n) is 9.45. The summed E-state index contributed by atoms with van der Waals surface area (Å²) in [5.74, 6) is 0.114. The zero-order valence-corrected chi connectivity index (χ0v) is 9.45. The van der Waals surface area contributed by atoms with Crippen molar-refractivity contribution in [1.82, 2.24) is 10.6 Å². The fourth-order valence-electron chi connectivity index (χ4n) is 2.01. The van der Waals surface area contributed by atoms with Crippen molar-refractivity contribution in [3.8, 4) is 0 Å². The number of rotatable bonds is 5. The lowest BCUT2D eigenvalue weighted by Gasteiger charge is -2.14. The number of carbonyl (C=O) groups excluding carboxylic acids is 2. The first-order valence-electron chi connectivity index (χ1n) is 5.64. The van der Waals surface area contributed by atoms with Crippen LogP contribution in [0.1, 0.15) is 32.6 Å². The summed E-state index contributed by atoms with van der Waals surface area (Å²) in [5.41, 5.74) is 0. The van der Waals surface area contributed by atoms with E-state index in [-0.39, 0.29) is 17.9 Å². The van der Waals surface area contributed by atoms with Crippen LogP contribution in [-0.2, 0) is 9.59 Å². The average molecular weight is 212 g/mol. The van der Waals surface area contributed by atoms with Crippen LogP contribution in [0.25, 0.3) is 0 Å². The normalized spacial score (nSPS) is 27.3. The Labute approximate surface area is 90.8 Å². The van der Waals surface area contributed by atoms with Gasteiger partial charge in [0, 0.05) is 12.0 Å². The van der Waals surface area contributed by atoms with Crippen LogP contribution in [0.2, 0.25) is 0 Å². The van der Waals surface area contributed by atoms with Gasteiger partial charge >= 0.3 is 0 Å². The summed E-state index contributed by atoms with van der Waals surface area (Å²) in [5, 5.41) is 5.95.